The van der Waals surface area contributed by atoms with E-state index in [1.165, 1.54) is 0 Å². The highest BCUT2D eigenvalue weighted by molar-refractivity contribution is 6.43. The van der Waals surface area contributed by atoms with E-state index in [2.05, 4.69) is 37.0 Å². The summed E-state index contributed by atoms with van der Waals surface area (Å²) in [5.41, 5.74) is 4.46. The van der Waals surface area contributed by atoms with Crippen LogP contribution in [0.4, 0.5) is 4.39 Å². The lowest BCUT2D eigenvalue weighted by Crippen LogP contribution is -2.41. The maximum atomic E-state index is 17.1. The summed E-state index contributed by atoms with van der Waals surface area (Å²) < 4.78 is 21.5. The monoisotopic (exact) mass is 696 g/mol. The topological polar surface area (TPSA) is 105 Å². The average molecular weight is 698 g/mol. The number of fused-ring (bicyclic) bond motifs is 4. The van der Waals surface area contributed by atoms with E-state index in [9.17, 15) is 10.1 Å². The van der Waals surface area contributed by atoms with Crippen molar-refractivity contribution in [1.29, 1.82) is 5.26 Å². The van der Waals surface area contributed by atoms with Crippen LogP contribution in [0.25, 0.3) is 32.9 Å². The van der Waals surface area contributed by atoms with Gasteiger partial charge in [0.1, 0.15) is 17.7 Å². The number of benzene rings is 2. The van der Waals surface area contributed by atoms with Crippen LogP contribution in [0.2, 0.25) is 10.0 Å². The Morgan fingerprint density at radius 3 is 2.69 bits per heavy atom. The zero-order chi connectivity index (χ0) is 33.7. The molecule has 12 heteroatoms. The standard InChI is InChI=1S/C37H35Cl2FN8O/c1-18-25-14-30(29-13-23(47-17-43-19(2)45-47)16-46(29)37(49)20-8-9-20)48(35-22-12-28(35)42-15-22)36(25)26-11-21(5-4-10-41)31(33(40)34(26)44-18)24-6-3-7-27(38)32(24)39/h3,6-7,11,14,17,20,22-23,28-29,35,42H,4-5,8-9,12-13,15-16H2,1-2H3. The Bertz CT molecular complexity index is 2220. The zero-order valence-electron chi connectivity index (χ0n) is 27.3. The summed E-state index contributed by atoms with van der Waals surface area (Å²) >= 11 is 13.1. The van der Waals surface area contributed by atoms with Crippen molar-refractivity contribution in [2.75, 3.05) is 13.1 Å². The molecule has 5 fully saturated rings. The van der Waals surface area contributed by atoms with Gasteiger partial charge in [-0.15, -0.1) is 0 Å². The van der Waals surface area contributed by atoms with Gasteiger partial charge in [0.25, 0.3) is 0 Å². The van der Waals surface area contributed by atoms with Crippen LogP contribution < -0.4 is 5.32 Å². The quantitative estimate of drug-likeness (QED) is 0.190. The zero-order valence-corrected chi connectivity index (χ0v) is 28.8. The van der Waals surface area contributed by atoms with Crippen molar-refractivity contribution in [3.05, 3.63) is 75.3 Å². The number of hydrogen-bond donors (Lipinski definition) is 1. The van der Waals surface area contributed by atoms with Crippen molar-refractivity contribution in [3.63, 3.8) is 0 Å². The molecular weight excluding hydrogens is 662 g/mol. The Balaban J connectivity index is 1.30. The van der Waals surface area contributed by atoms with Crippen LogP contribution in [-0.2, 0) is 11.2 Å². The lowest BCUT2D eigenvalue weighted by molar-refractivity contribution is -0.133. The van der Waals surface area contributed by atoms with Crippen LogP contribution in [0.5, 0.6) is 0 Å². The second kappa shape index (κ2) is 11.5. The van der Waals surface area contributed by atoms with Crippen LogP contribution >= 0.6 is 23.2 Å². The molecule has 6 heterocycles. The summed E-state index contributed by atoms with van der Waals surface area (Å²) in [5.74, 6) is 0.921. The SMILES string of the molecule is Cc1ncn(C2CC(c3cc4c(C)nc5c(F)c(-c6cccc(Cl)c6Cl)c(CCC#N)cc5c4n3C3C4CNC3C4)N(C(=O)C3CC3)C2)n1. The van der Waals surface area contributed by atoms with Crippen molar-refractivity contribution in [2.24, 2.45) is 11.8 Å². The minimum atomic E-state index is -0.475. The van der Waals surface area contributed by atoms with E-state index >= 15 is 4.39 Å². The van der Waals surface area contributed by atoms with Crippen molar-refractivity contribution >= 4 is 50.9 Å². The minimum Gasteiger partial charge on any atom is -0.337 e. The maximum absolute atomic E-state index is 17.1. The molecule has 0 spiro atoms. The van der Waals surface area contributed by atoms with E-state index in [1.54, 1.807) is 24.5 Å². The van der Waals surface area contributed by atoms with Gasteiger partial charge in [0.15, 0.2) is 5.82 Å². The van der Waals surface area contributed by atoms with Gasteiger partial charge in [-0.1, -0.05) is 35.3 Å². The van der Waals surface area contributed by atoms with Gasteiger partial charge in [-0.3, -0.25) is 4.79 Å². The lowest BCUT2D eigenvalue weighted by atomic mass is 9.79. The summed E-state index contributed by atoms with van der Waals surface area (Å²) in [7, 11) is 0. The molecule has 3 saturated heterocycles. The fourth-order valence-corrected chi connectivity index (χ4v) is 9.13. The number of pyridine rings is 1. The number of amides is 1. The Kier molecular flexibility index (Phi) is 7.28. The second-order valence-corrected chi connectivity index (χ2v) is 15.0. The normalized spacial score (nSPS) is 24.6. The first-order valence-electron chi connectivity index (χ1n) is 17.1. The number of rotatable bonds is 7. The summed E-state index contributed by atoms with van der Waals surface area (Å²) in [4.78, 5) is 25.3. The van der Waals surface area contributed by atoms with E-state index in [0.717, 1.165) is 48.1 Å². The second-order valence-electron chi connectivity index (χ2n) is 14.2. The fourth-order valence-electron chi connectivity index (χ4n) is 8.73. The molecule has 0 radical (unpaired) electrons. The van der Waals surface area contributed by atoms with Gasteiger partial charge in [0, 0.05) is 64.8 Å². The molecule has 2 saturated carbocycles. The molecule has 1 amide bonds. The summed E-state index contributed by atoms with van der Waals surface area (Å²) in [5, 5.41) is 20.2. The highest BCUT2D eigenvalue weighted by Gasteiger charge is 2.51. The highest BCUT2D eigenvalue weighted by atomic mass is 35.5. The number of hydrogen-bond acceptors (Lipinski definition) is 6. The van der Waals surface area contributed by atoms with Crippen molar-refractivity contribution in [1.82, 2.24) is 34.5 Å². The maximum Gasteiger partial charge on any atom is 0.226 e. The van der Waals surface area contributed by atoms with E-state index in [0.29, 0.717) is 58.2 Å². The third-order valence-electron chi connectivity index (χ3n) is 11.3. The van der Waals surface area contributed by atoms with E-state index in [1.807, 2.05) is 24.6 Å². The smallest absolute Gasteiger partial charge is 0.226 e. The van der Waals surface area contributed by atoms with Crippen LogP contribution in [0.15, 0.2) is 36.7 Å². The number of nitrogens with zero attached hydrogens (tertiary/aromatic N) is 7. The van der Waals surface area contributed by atoms with Crippen LogP contribution in [0.1, 0.15) is 73.0 Å². The number of aromatic nitrogens is 5. The average Bonchev–Trinajstić information content (AvgIpc) is 3.54. The molecule has 2 aromatic carbocycles. The predicted molar refractivity (Wildman–Crippen MR) is 186 cm³/mol. The Labute approximate surface area is 293 Å². The molecule has 5 aliphatic rings. The molecule has 3 aliphatic heterocycles. The van der Waals surface area contributed by atoms with Crippen molar-refractivity contribution in [3.8, 4) is 17.2 Å². The summed E-state index contributed by atoms with van der Waals surface area (Å²) in [6.45, 7) is 5.30. The number of carbonyl (C=O) groups is 1. The first-order chi connectivity index (χ1) is 23.7. The highest BCUT2D eigenvalue weighted by Crippen LogP contribution is 2.52. The molecule has 2 aliphatic carbocycles. The van der Waals surface area contributed by atoms with Gasteiger partial charge < -0.3 is 14.8 Å². The van der Waals surface area contributed by atoms with Gasteiger partial charge >= 0.3 is 0 Å². The third-order valence-corrected chi connectivity index (χ3v) is 12.1. The minimum absolute atomic E-state index is 0.00685. The molecule has 5 aromatic rings. The Morgan fingerprint density at radius 2 is 2.00 bits per heavy atom. The first-order valence-corrected chi connectivity index (χ1v) is 17.9. The molecule has 250 valence electrons. The molecule has 10 rings (SSSR count). The van der Waals surface area contributed by atoms with E-state index in [4.69, 9.17) is 28.2 Å². The molecule has 1 N–H and O–H groups in total. The van der Waals surface area contributed by atoms with Crippen LogP contribution in [0.3, 0.4) is 0 Å². The predicted octanol–water partition coefficient (Wildman–Crippen LogP) is 7.42. The fraction of sp³-hybridized carbons (Fsp3) is 0.432. The summed E-state index contributed by atoms with van der Waals surface area (Å²) in [6, 6.07) is 11.9. The van der Waals surface area contributed by atoms with Gasteiger partial charge in [-0.25, -0.2) is 19.0 Å². The van der Waals surface area contributed by atoms with E-state index < -0.39 is 5.82 Å². The molecule has 9 nitrogen and oxygen atoms in total. The number of likely N-dealkylation sites (tertiary alicyclic amines) is 1. The number of halogens is 3. The molecule has 49 heavy (non-hydrogen) atoms. The van der Waals surface area contributed by atoms with Gasteiger partial charge in [-0.05, 0) is 75.6 Å². The number of nitriles is 1. The van der Waals surface area contributed by atoms with Gasteiger partial charge in [0.2, 0.25) is 5.91 Å². The van der Waals surface area contributed by atoms with Crippen LogP contribution in [-0.4, -0.2) is 54.3 Å². The number of nitrogens with one attached hydrogen (secondary N) is 1. The number of aryl methyl sites for hydroxylation is 3. The molecule has 2 bridgehead atoms. The molecule has 5 unspecified atom stereocenters. The Morgan fingerprint density at radius 1 is 1.16 bits per heavy atom. The molecular formula is C37H35Cl2FN8O. The summed E-state index contributed by atoms with van der Waals surface area (Å²) in [6.07, 6.45) is 5.96. The van der Waals surface area contributed by atoms with Crippen molar-refractivity contribution < 1.29 is 9.18 Å². The Hall–Kier alpha value is -4.04. The largest absolute Gasteiger partial charge is 0.337 e. The molecule has 5 atom stereocenters. The third kappa shape index (κ3) is 4.80. The van der Waals surface area contributed by atoms with Crippen molar-refractivity contribution in [2.45, 2.75) is 76.5 Å². The number of carbonyl (C=O) groups excluding carboxylic acids is 1. The lowest BCUT2D eigenvalue weighted by Gasteiger charge is -2.39. The van der Waals surface area contributed by atoms with Gasteiger partial charge in [0.05, 0.1) is 39.8 Å². The molecule has 3 aromatic heterocycles. The van der Waals surface area contributed by atoms with Gasteiger partial charge in [-0.2, -0.15) is 10.4 Å². The first kappa shape index (κ1) is 31.0. The van der Waals surface area contributed by atoms with E-state index in [-0.39, 0.29) is 53.0 Å². The van der Waals surface area contributed by atoms with Crippen LogP contribution in [0, 0.1) is 42.8 Å².